The molecule has 29 heavy (non-hydrogen) atoms. The fourth-order valence-corrected chi connectivity index (χ4v) is 3.24. The molecule has 2 rings (SSSR count). The van der Waals surface area contributed by atoms with Crippen LogP contribution in [-0.2, 0) is 20.3 Å². The van der Waals surface area contributed by atoms with Crippen molar-refractivity contribution in [1.29, 1.82) is 0 Å². The third-order valence-corrected chi connectivity index (χ3v) is 5.33. The van der Waals surface area contributed by atoms with Gasteiger partial charge in [-0.2, -0.15) is 0 Å². The Kier molecular flexibility index (Phi) is 7.83. The maximum Gasteiger partial charge on any atom is 0.319 e. The van der Waals surface area contributed by atoms with Gasteiger partial charge in [-0.15, -0.1) is 11.6 Å². The van der Waals surface area contributed by atoms with Gasteiger partial charge in [0.05, 0.1) is 0 Å². The molecule has 4 amide bonds. The summed E-state index contributed by atoms with van der Waals surface area (Å²) in [6.07, 6.45) is 1.70. The Hall–Kier alpha value is -2.81. The Bertz CT molecular complexity index is 764. The van der Waals surface area contributed by atoms with E-state index in [1.807, 2.05) is 0 Å². The molecule has 0 aromatic heterocycles. The van der Waals surface area contributed by atoms with Crippen LogP contribution in [0.3, 0.4) is 0 Å². The number of carbonyl (C=O) groups excluding carboxylic acids is 3. The SMILES string of the molecule is NC(=O)NCCCC(NC(=O)C1(C(=O)O)CCC1)C(=O)Nc1ccc(CCl)cc1. The van der Waals surface area contributed by atoms with Gasteiger partial charge in [-0.3, -0.25) is 14.4 Å². The fraction of sp³-hybridized carbons (Fsp3) is 0.474. The smallest absolute Gasteiger partial charge is 0.319 e. The van der Waals surface area contributed by atoms with Crippen molar-refractivity contribution in [3.63, 3.8) is 0 Å². The number of urea groups is 1. The minimum absolute atomic E-state index is 0.202. The first-order chi connectivity index (χ1) is 13.8. The third-order valence-electron chi connectivity index (χ3n) is 5.02. The second-order valence-corrected chi connectivity index (χ2v) is 7.29. The maximum atomic E-state index is 12.7. The summed E-state index contributed by atoms with van der Waals surface area (Å²) in [6.45, 7) is 0.226. The summed E-state index contributed by atoms with van der Waals surface area (Å²) in [4.78, 5) is 47.7. The van der Waals surface area contributed by atoms with Gasteiger partial charge in [-0.1, -0.05) is 18.6 Å². The lowest BCUT2D eigenvalue weighted by molar-refractivity contribution is -0.162. The number of anilines is 1. The predicted octanol–water partition coefficient (Wildman–Crippen LogP) is 1.55. The normalized spacial score (nSPS) is 15.5. The molecule has 9 nitrogen and oxygen atoms in total. The molecular formula is C19H25ClN4O5. The monoisotopic (exact) mass is 424 g/mol. The van der Waals surface area contributed by atoms with Crippen LogP contribution in [0.15, 0.2) is 24.3 Å². The van der Waals surface area contributed by atoms with Gasteiger partial charge in [0, 0.05) is 18.1 Å². The topological polar surface area (TPSA) is 151 Å². The number of halogens is 1. The molecule has 1 atom stereocenters. The Labute approximate surface area is 173 Å². The summed E-state index contributed by atoms with van der Waals surface area (Å²) >= 11 is 5.75. The molecule has 0 saturated heterocycles. The van der Waals surface area contributed by atoms with Crippen LogP contribution in [0.5, 0.6) is 0 Å². The molecule has 158 valence electrons. The van der Waals surface area contributed by atoms with Crippen molar-refractivity contribution in [3.8, 4) is 0 Å². The number of nitrogens with two attached hydrogens (primary N) is 1. The molecule has 0 bridgehead atoms. The maximum absolute atomic E-state index is 12.7. The van der Waals surface area contributed by atoms with Gasteiger partial charge in [0.1, 0.15) is 11.5 Å². The van der Waals surface area contributed by atoms with Crippen molar-refractivity contribution in [2.45, 2.75) is 44.0 Å². The average Bonchev–Trinajstić information content (AvgIpc) is 2.63. The Morgan fingerprint density at radius 1 is 1.17 bits per heavy atom. The molecule has 6 N–H and O–H groups in total. The highest BCUT2D eigenvalue weighted by atomic mass is 35.5. The summed E-state index contributed by atoms with van der Waals surface area (Å²) in [5.74, 6) is -1.99. The van der Waals surface area contributed by atoms with Crippen LogP contribution in [0, 0.1) is 5.41 Å². The van der Waals surface area contributed by atoms with Crippen LogP contribution in [0.25, 0.3) is 0 Å². The minimum Gasteiger partial charge on any atom is -0.480 e. The van der Waals surface area contributed by atoms with Crippen molar-refractivity contribution in [1.82, 2.24) is 10.6 Å². The lowest BCUT2D eigenvalue weighted by Crippen LogP contribution is -2.55. The fourth-order valence-electron chi connectivity index (χ4n) is 3.06. The standard InChI is InChI=1S/C19H25ClN4O5/c20-11-12-4-6-13(7-5-12)23-15(25)14(3-1-10-22-18(21)29)24-16(26)19(17(27)28)8-2-9-19/h4-7,14H,1-3,8-11H2,(H,23,25)(H,24,26)(H,27,28)(H3,21,22,29). The minimum atomic E-state index is -1.48. The lowest BCUT2D eigenvalue weighted by atomic mass is 9.68. The van der Waals surface area contributed by atoms with E-state index in [0.717, 1.165) is 5.56 Å². The van der Waals surface area contributed by atoms with Crippen LogP contribution in [0.4, 0.5) is 10.5 Å². The zero-order valence-electron chi connectivity index (χ0n) is 15.9. The van der Waals surface area contributed by atoms with Crippen LogP contribution >= 0.6 is 11.6 Å². The number of benzene rings is 1. The molecule has 1 aromatic carbocycles. The van der Waals surface area contributed by atoms with Crippen LogP contribution in [-0.4, -0.2) is 41.5 Å². The zero-order chi connectivity index (χ0) is 21.4. The number of hydrogen-bond donors (Lipinski definition) is 5. The van der Waals surface area contributed by atoms with Gasteiger partial charge < -0.3 is 26.8 Å². The van der Waals surface area contributed by atoms with Crippen molar-refractivity contribution >= 4 is 41.1 Å². The molecule has 1 aliphatic carbocycles. The van der Waals surface area contributed by atoms with E-state index in [-0.39, 0.29) is 25.8 Å². The molecule has 0 heterocycles. The molecule has 0 spiro atoms. The van der Waals surface area contributed by atoms with Crippen molar-refractivity contribution < 1.29 is 24.3 Å². The van der Waals surface area contributed by atoms with Gasteiger partial charge in [-0.25, -0.2) is 4.79 Å². The van der Waals surface area contributed by atoms with E-state index in [2.05, 4.69) is 16.0 Å². The summed E-state index contributed by atoms with van der Waals surface area (Å²) in [7, 11) is 0. The number of carboxylic acid groups (broad SMARTS) is 1. The molecule has 0 aliphatic heterocycles. The zero-order valence-corrected chi connectivity index (χ0v) is 16.6. The van der Waals surface area contributed by atoms with Gasteiger partial charge in [0.25, 0.3) is 0 Å². The van der Waals surface area contributed by atoms with Gasteiger partial charge in [-0.05, 0) is 43.4 Å². The first kappa shape index (κ1) is 22.5. The van der Waals surface area contributed by atoms with E-state index in [9.17, 15) is 24.3 Å². The van der Waals surface area contributed by atoms with E-state index in [0.29, 0.717) is 24.4 Å². The molecule has 10 heteroatoms. The highest BCUT2D eigenvalue weighted by molar-refractivity contribution is 6.17. The Morgan fingerprint density at radius 3 is 2.31 bits per heavy atom. The van der Waals surface area contributed by atoms with E-state index in [1.54, 1.807) is 24.3 Å². The number of alkyl halides is 1. The van der Waals surface area contributed by atoms with Crippen molar-refractivity contribution in [2.75, 3.05) is 11.9 Å². The molecule has 1 unspecified atom stereocenters. The average molecular weight is 425 g/mol. The lowest BCUT2D eigenvalue weighted by Gasteiger charge is -2.36. The number of nitrogens with one attached hydrogen (secondary N) is 3. The second-order valence-electron chi connectivity index (χ2n) is 7.02. The quantitative estimate of drug-likeness (QED) is 0.219. The second kappa shape index (κ2) is 10.1. The molecule has 1 saturated carbocycles. The highest BCUT2D eigenvalue weighted by Gasteiger charge is 2.51. The third kappa shape index (κ3) is 5.83. The predicted molar refractivity (Wildman–Crippen MR) is 107 cm³/mol. The van der Waals surface area contributed by atoms with E-state index in [4.69, 9.17) is 17.3 Å². The number of carbonyl (C=O) groups is 4. The van der Waals surface area contributed by atoms with E-state index < -0.39 is 35.3 Å². The molecule has 0 radical (unpaired) electrons. The Balaban J connectivity index is 2.06. The van der Waals surface area contributed by atoms with Gasteiger partial charge in [0.15, 0.2) is 0 Å². The Morgan fingerprint density at radius 2 is 1.83 bits per heavy atom. The number of hydrogen-bond acceptors (Lipinski definition) is 4. The van der Waals surface area contributed by atoms with Gasteiger partial charge in [0.2, 0.25) is 11.8 Å². The van der Waals surface area contributed by atoms with Crippen LogP contribution < -0.4 is 21.7 Å². The van der Waals surface area contributed by atoms with Gasteiger partial charge >= 0.3 is 12.0 Å². The number of rotatable bonds is 10. The number of amides is 4. The summed E-state index contributed by atoms with van der Waals surface area (Å²) < 4.78 is 0. The van der Waals surface area contributed by atoms with Crippen LogP contribution in [0.1, 0.15) is 37.7 Å². The van der Waals surface area contributed by atoms with Crippen LogP contribution in [0.2, 0.25) is 0 Å². The number of carboxylic acids is 1. The number of primary amides is 1. The first-order valence-electron chi connectivity index (χ1n) is 9.32. The first-order valence-corrected chi connectivity index (χ1v) is 9.85. The molecule has 1 aliphatic rings. The van der Waals surface area contributed by atoms with E-state index >= 15 is 0 Å². The summed E-state index contributed by atoms with van der Waals surface area (Å²) in [5.41, 5.74) is 4.95. The number of aliphatic carboxylic acids is 1. The summed E-state index contributed by atoms with van der Waals surface area (Å²) in [5, 5.41) is 17.1. The van der Waals surface area contributed by atoms with E-state index in [1.165, 1.54) is 0 Å². The largest absolute Gasteiger partial charge is 0.480 e. The summed E-state index contributed by atoms with van der Waals surface area (Å²) in [6, 6.07) is 5.26. The highest BCUT2D eigenvalue weighted by Crippen LogP contribution is 2.41. The van der Waals surface area contributed by atoms with Crippen molar-refractivity contribution in [3.05, 3.63) is 29.8 Å². The molecular weight excluding hydrogens is 400 g/mol. The van der Waals surface area contributed by atoms with Crippen molar-refractivity contribution in [2.24, 2.45) is 11.1 Å². The molecule has 1 aromatic rings. The molecule has 1 fully saturated rings.